The van der Waals surface area contributed by atoms with Crippen molar-refractivity contribution in [3.8, 4) is 0 Å². The number of alkyl halides is 1. The Bertz CT molecular complexity index is 1400. The molecule has 0 aliphatic carbocycles. The number of nitrogens with zero attached hydrogens (tertiary/aromatic N) is 8. The third-order valence-electron chi connectivity index (χ3n) is 5.22. The molecule has 3 aromatic heterocycles. The Morgan fingerprint density at radius 3 is 2.74 bits per heavy atom. The lowest BCUT2D eigenvalue weighted by molar-refractivity contribution is 0.0570. The number of fused-ring (bicyclic) bond motifs is 3. The molecule has 0 saturated carbocycles. The predicted molar refractivity (Wildman–Crippen MR) is 132 cm³/mol. The van der Waals surface area contributed by atoms with Crippen molar-refractivity contribution in [2.24, 2.45) is 0 Å². The Labute approximate surface area is 212 Å². The lowest BCUT2D eigenvalue weighted by Crippen LogP contribution is -2.34. The highest BCUT2D eigenvalue weighted by atomic mass is 127. The zero-order chi connectivity index (χ0) is 25.5. The second kappa shape index (κ2) is 9.56. The molecular weight excluding hydrogens is 575 g/mol. The minimum absolute atomic E-state index is 0.0506. The molecule has 1 aromatic carbocycles. The maximum absolute atomic E-state index is 14.1. The Morgan fingerprint density at radius 1 is 1.29 bits per heavy atom. The zero-order valence-corrected chi connectivity index (χ0v) is 21.4. The molecule has 4 aromatic rings. The van der Waals surface area contributed by atoms with Crippen molar-refractivity contribution in [3.63, 3.8) is 0 Å². The Balaban J connectivity index is 1.41. The third-order valence-corrected chi connectivity index (χ3v) is 6.68. The Morgan fingerprint density at radius 2 is 2.03 bits per heavy atom. The van der Waals surface area contributed by atoms with Gasteiger partial charge in [-0.1, -0.05) is 22.6 Å². The summed E-state index contributed by atoms with van der Waals surface area (Å²) < 4.78 is 30.4. The maximum Gasteiger partial charge on any atom is 0.294 e. The van der Waals surface area contributed by atoms with Crippen molar-refractivity contribution in [3.05, 3.63) is 41.7 Å². The first-order valence-corrected chi connectivity index (χ1v) is 12.0. The number of anilines is 1. The van der Waals surface area contributed by atoms with Crippen LogP contribution in [0.2, 0.25) is 0 Å². The van der Waals surface area contributed by atoms with E-state index in [0.717, 1.165) is 12.1 Å². The smallest absolute Gasteiger partial charge is 0.294 e. The van der Waals surface area contributed by atoms with E-state index in [1.807, 2.05) is 0 Å². The summed E-state index contributed by atoms with van der Waals surface area (Å²) in [6.07, 6.45) is 3.13. The van der Waals surface area contributed by atoms with E-state index in [0.29, 0.717) is 25.1 Å². The van der Waals surface area contributed by atoms with Crippen LogP contribution in [0, 0.1) is 11.6 Å². The summed E-state index contributed by atoms with van der Waals surface area (Å²) >= 11 is 2.16. The average Bonchev–Trinajstić information content (AvgIpc) is 3.40. The van der Waals surface area contributed by atoms with Gasteiger partial charge in [-0.15, -0.1) is 10.2 Å². The van der Waals surface area contributed by atoms with Crippen LogP contribution in [0.1, 0.15) is 43.1 Å². The van der Waals surface area contributed by atoms with Gasteiger partial charge in [0.1, 0.15) is 17.7 Å². The summed E-state index contributed by atoms with van der Waals surface area (Å²) in [4.78, 5) is 26.7. The summed E-state index contributed by atoms with van der Waals surface area (Å²) in [7, 11) is 1.67. The molecule has 1 atom stereocenters. The van der Waals surface area contributed by atoms with E-state index in [4.69, 9.17) is 5.73 Å². The van der Waals surface area contributed by atoms with E-state index in [9.17, 15) is 18.7 Å². The lowest BCUT2D eigenvalue weighted by atomic mass is 10.1. The number of halogens is 3. The largest absolute Gasteiger partial charge is 0.389 e. The maximum atomic E-state index is 14.1. The first-order chi connectivity index (χ1) is 16.4. The van der Waals surface area contributed by atoms with Crippen molar-refractivity contribution in [2.75, 3.05) is 12.8 Å². The number of hydrogen-bond acceptors (Lipinski definition) is 8. The number of aromatic nitrogens is 7. The van der Waals surface area contributed by atoms with Crippen molar-refractivity contribution < 1.29 is 18.7 Å². The number of benzene rings is 1. The molecular formula is C21H24F2IN9O2. The van der Waals surface area contributed by atoms with Crippen LogP contribution in [0.4, 0.5) is 14.7 Å². The van der Waals surface area contributed by atoms with Gasteiger partial charge in [-0.05, 0) is 32.8 Å². The van der Waals surface area contributed by atoms with E-state index < -0.39 is 17.2 Å². The van der Waals surface area contributed by atoms with E-state index in [-0.39, 0.29) is 44.8 Å². The average molecular weight is 599 g/mol. The molecule has 35 heavy (non-hydrogen) atoms. The first kappa shape index (κ1) is 25.1. The minimum Gasteiger partial charge on any atom is -0.389 e. The number of hydrogen-bond donors (Lipinski definition) is 2. The van der Waals surface area contributed by atoms with E-state index in [1.54, 1.807) is 25.8 Å². The number of amides is 1. The van der Waals surface area contributed by atoms with Gasteiger partial charge in [-0.25, -0.2) is 28.4 Å². The molecule has 3 heterocycles. The number of nitrogens with two attached hydrogens (primary N) is 1. The number of aliphatic hydroxyl groups is 1. The van der Waals surface area contributed by atoms with Crippen molar-refractivity contribution in [1.29, 1.82) is 0 Å². The summed E-state index contributed by atoms with van der Waals surface area (Å²) in [5.74, 6) is -1.45. The molecule has 11 nitrogen and oxygen atoms in total. The first-order valence-electron chi connectivity index (χ1n) is 10.8. The molecule has 0 fully saturated rings. The second-order valence-electron chi connectivity index (χ2n) is 8.84. The SMILES string of the molecule is CN(C(=O)c1ncn(CC(C)(C)O)n1)[C@@H](I)CCCc1nc2c3cc(F)cc(F)c3nc(N)n2n1. The molecule has 0 aliphatic heterocycles. The summed E-state index contributed by atoms with van der Waals surface area (Å²) in [6, 6.07) is 1.89. The molecule has 4 rings (SSSR count). The van der Waals surface area contributed by atoms with Gasteiger partial charge >= 0.3 is 0 Å². The number of carbonyl (C=O) groups is 1. The summed E-state index contributed by atoms with van der Waals surface area (Å²) in [6.45, 7) is 3.50. The molecule has 0 spiro atoms. The fourth-order valence-electron chi connectivity index (χ4n) is 3.58. The fraction of sp³-hybridized carbons (Fsp3) is 0.429. The molecule has 186 valence electrons. The van der Waals surface area contributed by atoms with Gasteiger partial charge < -0.3 is 15.7 Å². The zero-order valence-electron chi connectivity index (χ0n) is 19.3. The van der Waals surface area contributed by atoms with Crippen LogP contribution in [0.15, 0.2) is 18.5 Å². The molecule has 0 saturated heterocycles. The number of carbonyl (C=O) groups excluding carboxylic acids is 1. The fourth-order valence-corrected chi connectivity index (χ4v) is 4.27. The van der Waals surface area contributed by atoms with Crippen molar-refractivity contribution >= 4 is 51.0 Å². The predicted octanol–water partition coefficient (Wildman–Crippen LogP) is 2.36. The number of rotatable bonds is 8. The van der Waals surface area contributed by atoms with E-state index in [2.05, 4.69) is 47.7 Å². The molecule has 0 unspecified atom stereocenters. The normalized spacial score (nSPS) is 13.0. The van der Waals surface area contributed by atoms with Gasteiger partial charge in [0.15, 0.2) is 17.3 Å². The molecule has 3 N–H and O–H groups in total. The summed E-state index contributed by atoms with van der Waals surface area (Å²) in [5, 5.41) is 18.6. The molecule has 0 radical (unpaired) electrons. The van der Waals surface area contributed by atoms with Crippen LogP contribution < -0.4 is 5.73 Å². The lowest BCUT2D eigenvalue weighted by Gasteiger charge is -2.22. The topological polar surface area (TPSA) is 140 Å². The van der Waals surface area contributed by atoms with E-state index in [1.165, 1.54) is 15.5 Å². The molecule has 0 bridgehead atoms. The standard InChI is InChI=1S/C21H24F2IN9O2/c1-21(2,35)9-32-10-26-17(30-32)19(34)31(3)14(24)5-4-6-15-27-18-12-7-11(22)8-13(23)16(12)28-20(25)33(18)29-15/h7-8,10,14,35H,4-6,9H2,1-3H3,(H2,25,28)/t14-/m1/s1. The molecule has 1 amide bonds. The van der Waals surface area contributed by atoms with Crippen LogP contribution in [0.3, 0.4) is 0 Å². The monoisotopic (exact) mass is 599 g/mol. The van der Waals surface area contributed by atoms with Gasteiger partial charge in [-0.2, -0.15) is 4.52 Å². The quantitative estimate of drug-likeness (QED) is 0.179. The van der Waals surface area contributed by atoms with Crippen molar-refractivity contribution in [2.45, 2.75) is 49.3 Å². The Kier molecular flexibility index (Phi) is 6.86. The van der Waals surface area contributed by atoms with Gasteiger partial charge in [0.05, 0.1) is 21.6 Å². The van der Waals surface area contributed by atoms with Gasteiger partial charge in [-0.3, -0.25) is 4.79 Å². The van der Waals surface area contributed by atoms with Crippen LogP contribution in [0.25, 0.3) is 16.6 Å². The van der Waals surface area contributed by atoms with Gasteiger partial charge in [0.25, 0.3) is 5.91 Å². The third kappa shape index (κ3) is 5.47. The Hall–Kier alpha value is -3.01. The highest BCUT2D eigenvalue weighted by Crippen LogP contribution is 2.24. The highest BCUT2D eigenvalue weighted by Gasteiger charge is 2.23. The number of aryl methyl sites for hydroxylation is 1. The summed E-state index contributed by atoms with van der Waals surface area (Å²) in [5.41, 5.74) is 5.08. The molecule has 14 heteroatoms. The second-order valence-corrected chi connectivity index (χ2v) is 10.3. The van der Waals surface area contributed by atoms with Crippen LogP contribution in [-0.2, 0) is 13.0 Å². The van der Waals surface area contributed by atoms with Crippen LogP contribution in [0.5, 0.6) is 0 Å². The number of nitrogen functional groups attached to an aromatic ring is 1. The van der Waals surface area contributed by atoms with E-state index >= 15 is 0 Å². The van der Waals surface area contributed by atoms with Crippen LogP contribution >= 0.6 is 22.6 Å². The minimum atomic E-state index is -0.979. The van der Waals surface area contributed by atoms with Crippen molar-refractivity contribution in [1.82, 2.24) is 39.2 Å². The van der Waals surface area contributed by atoms with Gasteiger partial charge in [0, 0.05) is 19.5 Å². The molecule has 0 aliphatic rings. The van der Waals surface area contributed by atoms with Crippen LogP contribution in [-0.4, -0.2) is 67.0 Å². The highest BCUT2D eigenvalue weighted by molar-refractivity contribution is 14.1. The van der Waals surface area contributed by atoms with Gasteiger partial charge in [0.2, 0.25) is 11.8 Å².